The van der Waals surface area contributed by atoms with Crippen LogP contribution in [0, 0.1) is 5.95 Å². The molecule has 8 nitrogen and oxygen atoms in total. The number of phenolic OH excluding ortho intramolecular Hbond substituents is 1. The number of aromatic nitrogens is 4. The molecule has 200 valence electrons. The molecule has 0 amide bonds. The molecule has 38 heavy (non-hydrogen) atoms. The highest BCUT2D eigenvalue weighted by Gasteiger charge is 2.56. The van der Waals surface area contributed by atoms with Crippen LogP contribution in [0.1, 0.15) is 52.4 Å². The van der Waals surface area contributed by atoms with Gasteiger partial charge in [-0.2, -0.15) is 4.39 Å². The van der Waals surface area contributed by atoms with Gasteiger partial charge in [-0.1, -0.05) is 6.07 Å². The van der Waals surface area contributed by atoms with Crippen LogP contribution in [0.15, 0.2) is 41.3 Å². The predicted octanol–water partition coefficient (Wildman–Crippen LogP) is 4.12. The summed E-state index contributed by atoms with van der Waals surface area (Å²) in [6.07, 6.45) is 5.94. The van der Waals surface area contributed by atoms with Gasteiger partial charge in [-0.05, 0) is 81.7 Å². The topological polar surface area (TPSA) is 96.2 Å². The lowest BCUT2D eigenvalue weighted by Gasteiger charge is -2.57. The minimum absolute atomic E-state index is 0.0951. The Labute approximate surface area is 219 Å². The maximum Gasteiger partial charge on any atom is 0.253 e. The molecule has 0 unspecified atom stereocenters. The summed E-state index contributed by atoms with van der Waals surface area (Å²) in [5.41, 5.74) is 0.444. The van der Waals surface area contributed by atoms with E-state index in [1.54, 1.807) is 18.3 Å². The van der Waals surface area contributed by atoms with Crippen molar-refractivity contribution < 1.29 is 13.9 Å². The number of alkyl halides is 1. The minimum Gasteiger partial charge on any atom is -0.507 e. The number of halogens is 2. The Kier molecular flexibility index (Phi) is 5.79. The van der Waals surface area contributed by atoms with Crippen molar-refractivity contribution in [3.63, 3.8) is 0 Å². The molecule has 2 bridgehead atoms. The van der Waals surface area contributed by atoms with E-state index in [4.69, 9.17) is 0 Å². The number of fused-ring (bicyclic) bond motifs is 2. The fourth-order valence-corrected chi connectivity index (χ4v) is 6.39. The molecule has 2 aliphatic heterocycles. The quantitative estimate of drug-likeness (QED) is 0.487. The number of nitrogens with one attached hydrogen (secondary N) is 1. The van der Waals surface area contributed by atoms with E-state index >= 15 is 4.39 Å². The van der Waals surface area contributed by atoms with Crippen LogP contribution in [0.5, 0.6) is 5.75 Å². The highest BCUT2D eigenvalue weighted by molar-refractivity contribution is 5.73. The van der Waals surface area contributed by atoms with Crippen LogP contribution in [0.4, 0.5) is 14.7 Å². The third kappa shape index (κ3) is 4.24. The van der Waals surface area contributed by atoms with E-state index in [1.165, 1.54) is 25.2 Å². The van der Waals surface area contributed by atoms with E-state index < -0.39 is 23.2 Å². The number of pyridine rings is 1. The van der Waals surface area contributed by atoms with Crippen molar-refractivity contribution >= 4 is 5.95 Å². The van der Waals surface area contributed by atoms with Gasteiger partial charge in [0.1, 0.15) is 17.6 Å². The molecule has 2 N–H and O–H groups in total. The van der Waals surface area contributed by atoms with Gasteiger partial charge < -0.3 is 15.3 Å². The number of benzene rings is 1. The number of phenols is 1. The first-order chi connectivity index (χ1) is 18.1. The van der Waals surface area contributed by atoms with Crippen LogP contribution in [0.25, 0.3) is 22.4 Å². The van der Waals surface area contributed by atoms with Crippen LogP contribution in [-0.4, -0.2) is 54.2 Å². The van der Waals surface area contributed by atoms with Crippen LogP contribution < -0.4 is 15.8 Å². The van der Waals surface area contributed by atoms with Gasteiger partial charge >= 0.3 is 0 Å². The number of rotatable bonds is 5. The summed E-state index contributed by atoms with van der Waals surface area (Å²) in [4.78, 5) is 18.6. The lowest BCUT2D eigenvalue weighted by molar-refractivity contribution is 0.0000874. The fraction of sp³-hybridized carbons (Fsp3) is 0.500. The minimum atomic E-state index is -1.06. The van der Waals surface area contributed by atoms with Gasteiger partial charge in [0.25, 0.3) is 5.56 Å². The summed E-state index contributed by atoms with van der Waals surface area (Å²) < 4.78 is 30.9. The van der Waals surface area contributed by atoms with Crippen molar-refractivity contribution in [2.24, 2.45) is 7.05 Å². The average Bonchev–Trinajstić information content (AvgIpc) is 3.71. The number of hydrogen-bond donors (Lipinski definition) is 2. The summed E-state index contributed by atoms with van der Waals surface area (Å²) >= 11 is 0. The van der Waals surface area contributed by atoms with E-state index in [-0.39, 0.29) is 23.4 Å². The van der Waals surface area contributed by atoms with Crippen molar-refractivity contribution in [3.8, 4) is 28.1 Å². The highest BCUT2D eigenvalue weighted by Crippen LogP contribution is 2.46. The maximum absolute atomic E-state index is 16.0. The molecule has 3 fully saturated rings. The molecule has 4 heterocycles. The molecule has 4 atom stereocenters. The molecule has 6 rings (SSSR count). The number of nitrogens with zero attached hydrogens (tertiary/aromatic N) is 5. The lowest BCUT2D eigenvalue weighted by atomic mass is 9.68. The Morgan fingerprint density at radius 2 is 1.92 bits per heavy atom. The molecule has 0 spiro atoms. The Hall–Kier alpha value is -3.40. The van der Waals surface area contributed by atoms with Gasteiger partial charge in [-0.3, -0.25) is 9.36 Å². The van der Waals surface area contributed by atoms with Crippen LogP contribution in [0.2, 0.25) is 0 Å². The van der Waals surface area contributed by atoms with Gasteiger partial charge in [-0.15, -0.1) is 10.2 Å². The van der Waals surface area contributed by atoms with Gasteiger partial charge in [0, 0.05) is 35.8 Å². The lowest BCUT2D eigenvalue weighted by Crippen LogP contribution is -2.73. The van der Waals surface area contributed by atoms with E-state index in [0.717, 1.165) is 36.7 Å². The smallest absolute Gasteiger partial charge is 0.253 e. The van der Waals surface area contributed by atoms with Crippen molar-refractivity contribution in [3.05, 3.63) is 52.8 Å². The highest BCUT2D eigenvalue weighted by atomic mass is 19.1. The summed E-state index contributed by atoms with van der Waals surface area (Å²) in [5, 5.41) is 23.0. The summed E-state index contributed by atoms with van der Waals surface area (Å²) in [6.45, 7) is 4.17. The normalized spacial score (nSPS) is 28.8. The number of aromatic hydroxyl groups is 1. The van der Waals surface area contributed by atoms with Crippen molar-refractivity contribution in [1.29, 1.82) is 0 Å². The first kappa shape index (κ1) is 24.9. The van der Waals surface area contributed by atoms with Crippen molar-refractivity contribution in [1.82, 2.24) is 25.1 Å². The van der Waals surface area contributed by atoms with E-state index in [9.17, 15) is 14.3 Å². The Balaban J connectivity index is 1.28. The van der Waals surface area contributed by atoms with Crippen molar-refractivity contribution in [2.45, 2.75) is 81.7 Å². The van der Waals surface area contributed by atoms with Gasteiger partial charge in [0.2, 0.25) is 5.95 Å². The zero-order chi connectivity index (χ0) is 26.8. The predicted molar refractivity (Wildman–Crippen MR) is 140 cm³/mol. The third-order valence-electron chi connectivity index (χ3n) is 8.51. The first-order valence-electron chi connectivity index (χ1n) is 13.2. The van der Waals surface area contributed by atoms with E-state index in [1.807, 2.05) is 11.8 Å². The zero-order valence-electron chi connectivity index (χ0n) is 21.8. The van der Waals surface area contributed by atoms with E-state index in [0.29, 0.717) is 34.8 Å². The molecule has 1 aliphatic carbocycles. The summed E-state index contributed by atoms with van der Waals surface area (Å²) in [7, 11) is 1.35. The number of hydrogen-bond acceptors (Lipinski definition) is 7. The second-order valence-corrected chi connectivity index (χ2v) is 11.6. The van der Waals surface area contributed by atoms with Gasteiger partial charge in [0.05, 0.1) is 12.2 Å². The zero-order valence-corrected chi connectivity index (χ0v) is 21.8. The largest absolute Gasteiger partial charge is 0.507 e. The molecular weight excluding hydrogens is 490 g/mol. The molecular formula is C28H32F2N6O2. The first-order valence-corrected chi connectivity index (χ1v) is 13.2. The molecule has 0 radical (unpaired) electrons. The maximum atomic E-state index is 16.0. The monoisotopic (exact) mass is 522 g/mol. The molecule has 1 saturated carbocycles. The van der Waals surface area contributed by atoms with Gasteiger partial charge in [0.15, 0.2) is 5.95 Å². The van der Waals surface area contributed by atoms with Crippen LogP contribution in [-0.2, 0) is 7.05 Å². The average molecular weight is 523 g/mol. The third-order valence-corrected chi connectivity index (χ3v) is 8.51. The van der Waals surface area contributed by atoms with Crippen molar-refractivity contribution in [2.75, 3.05) is 4.90 Å². The second-order valence-electron chi connectivity index (χ2n) is 11.6. The van der Waals surface area contributed by atoms with Crippen LogP contribution >= 0.6 is 0 Å². The second kappa shape index (κ2) is 8.83. The summed E-state index contributed by atoms with van der Waals surface area (Å²) in [6, 6.07) is 7.19. The molecule has 3 aliphatic rings. The molecule has 2 saturated heterocycles. The summed E-state index contributed by atoms with van der Waals surface area (Å²) in [5.74, 6) is -0.358. The fourth-order valence-electron chi connectivity index (χ4n) is 6.39. The molecule has 10 heteroatoms. The Bertz CT molecular complexity index is 1440. The molecule has 3 aromatic rings. The molecule has 1 aromatic carbocycles. The van der Waals surface area contributed by atoms with E-state index in [2.05, 4.69) is 27.4 Å². The van der Waals surface area contributed by atoms with Gasteiger partial charge in [-0.25, -0.2) is 9.37 Å². The standard InChI is InChI=1S/C28H32F2N6O2/c1-27-9-4-10-28(2,34-27)25(30)21(14-27)36(18-6-7-18)26-31-15-20(32-33-26)19-8-5-16(11-22(19)37)17-12-23(29)35(3)24(38)13-17/h5,8,11-13,15,18,21,25,34,37H,4,6-7,9-10,14H2,1-3H3/t21-,25-,27-,28+/m0/s1. The molecule has 2 aromatic heterocycles. The Morgan fingerprint density at radius 3 is 2.58 bits per heavy atom. The Morgan fingerprint density at radius 1 is 1.13 bits per heavy atom. The number of anilines is 1. The SMILES string of the molecule is Cn1c(F)cc(-c2ccc(-c3cnc(N(C4CC4)[C@H]4C[C@]5(C)CCC[C@@](C)(N5)[C@H]4F)nn3)c(O)c2)cc1=O. The van der Waals surface area contributed by atoms with Crippen LogP contribution in [0.3, 0.4) is 0 Å². The number of piperidine rings is 2.